The molecule has 4 heteroatoms. The maximum atomic E-state index is 9.30. The first-order valence-corrected chi connectivity index (χ1v) is 5.99. The smallest absolute Gasteiger partial charge is 0.0703 e. The van der Waals surface area contributed by atoms with Crippen molar-refractivity contribution in [1.29, 1.82) is 0 Å². The molecule has 15 heavy (non-hydrogen) atoms. The van der Waals surface area contributed by atoms with Crippen molar-refractivity contribution in [3.63, 3.8) is 0 Å². The maximum absolute atomic E-state index is 9.30. The van der Waals surface area contributed by atoms with Crippen molar-refractivity contribution in [3.8, 4) is 0 Å². The molecular weight excluding hydrogens is 192 g/mol. The van der Waals surface area contributed by atoms with E-state index in [2.05, 4.69) is 17.1 Å². The van der Waals surface area contributed by atoms with Crippen molar-refractivity contribution >= 4 is 0 Å². The second kappa shape index (κ2) is 5.25. The number of rotatable bonds is 3. The first-order valence-electron chi connectivity index (χ1n) is 5.99. The SMILES string of the molecule is CC1CN(CC2CCCO2)C(CO)CN1. The fourth-order valence-corrected chi connectivity index (χ4v) is 2.49. The van der Waals surface area contributed by atoms with Crippen LogP contribution in [0, 0.1) is 0 Å². The molecule has 0 aliphatic carbocycles. The maximum Gasteiger partial charge on any atom is 0.0703 e. The van der Waals surface area contributed by atoms with Crippen molar-refractivity contribution < 1.29 is 9.84 Å². The van der Waals surface area contributed by atoms with E-state index in [4.69, 9.17) is 4.74 Å². The third kappa shape index (κ3) is 2.91. The summed E-state index contributed by atoms with van der Waals surface area (Å²) >= 11 is 0. The third-order valence-electron chi connectivity index (χ3n) is 3.40. The van der Waals surface area contributed by atoms with Gasteiger partial charge in [0.25, 0.3) is 0 Å². The van der Waals surface area contributed by atoms with Crippen LogP contribution in [0.3, 0.4) is 0 Å². The molecule has 0 saturated carbocycles. The van der Waals surface area contributed by atoms with Gasteiger partial charge in [-0.15, -0.1) is 0 Å². The molecule has 0 amide bonds. The largest absolute Gasteiger partial charge is 0.395 e. The molecule has 2 heterocycles. The third-order valence-corrected chi connectivity index (χ3v) is 3.40. The van der Waals surface area contributed by atoms with Gasteiger partial charge in [0.2, 0.25) is 0 Å². The van der Waals surface area contributed by atoms with Crippen LogP contribution in [0.2, 0.25) is 0 Å². The molecule has 88 valence electrons. The minimum absolute atomic E-state index is 0.242. The highest BCUT2D eigenvalue weighted by atomic mass is 16.5. The molecule has 0 aromatic rings. The van der Waals surface area contributed by atoms with Crippen molar-refractivity contribution in [2.24, 2.45) is 0 Å². The van der Waals surface area contributed by atoms with Crippen LogP contribution in [0.1, 0.15) is 19.8 Å². The van der Waals surface area contributed by atoms with Crippen LogP contribution in [0.4, 0.5) is 0 Å². The summed E-state index contributed by atoms with van der Waals surface area (Å²) in [5, 5.41) is 12.7. The Hall–Kier alpha value is -0.160. The summed E-state index contributed by atoms with van der Waals surface area (Å²) in [6.45, 7) is 6.24. The highest BCUT2D eigenvalue weighted by Crippen LogP contribution is 2.16. The summed E-state index contributed by atoms with van der Waals surface area (Å²) in [5.41, 5.74) is 0. The molecule has 3 unspecified atom stereocenters. The molecule has 3 atom stereocenters. The van der Waals surface area contributed by atoms with E-state index in [0.29, 0.717) is 12.1 Å². The van der Waals surface area contributed by atoms with Gasteiger partial charge < -0.3 is 15.2 Å². The standard InChI is InChI=1S/C11H22N2O2/c1-9-6-13(10(8-14)5-12-9)7-11-3-2-4-15-11/h9-12,14H,2-8H2,1H3. The van der Waals surface area contributed by atoms with E-state index in [-0.39, 0.29) is 12.6 Å². The lowest BCUT2D eigenvalue weighted by Gasteiger charge is -2.39. The van der Waals surface area contributed by atoms with Gasteiger partial charge >= 0.3 is 0 Å². The molecule has 0 spiro atoms. The van der Waals surface area contributed by atoms with Crippen LogP contribution in [0.25, 0.3) is 0 Å². The van der Waals surface area contributed by atoms with Gasteiger partial charge in [0.05, 0.1) is 12.7 Å². The van der Waals surface area contributed by atoms with E-state index < -0.39 is 0 Å². The van der Waals surface area contributed by atoms with E-state index in [1.54, 1.807) is 0 Å². The van der Waals surface area contributed by atoms with Gasteiger partial charge in [-0.25, -0.2) is 0 Å². The molecule has 2 rings (SSSR count). The minimum Gasteiger partial charge on any atom is -0.395 e. The molecule has 2 aliphatic heterocycles. The van der Waals surface area contributed by atoms with E-state index in [1.165, 1.54) is 12.8 Å². The number of hydrogen-bond donors (Lipinski definition) is 2. The molecule has 2 N–H and O–H groups in total. The molecule has 2 aliphatic rings. The van der Waals surface area contributed by atoms with Crippen LogP contribution >= 0.6 is 0 Å². The first kappa shape index (κ1) is 11.3. The van der Waals surface area contributed by atoms with Crippen molar-refractivity contribution in [2.75, 3.05) is 32.8 Å². The van der Waals surface area contributed by atoms with Crippen molar-refractivity contribution in [3.05, 3.63) is 0 Å². The zero-order valence-electron chi connectivity index (χ0n) is 9.48. The van der Waals surface area contributed by atoms with E-state index in [1.807, 2.05) is 0 Å². The van der Waals surface area contributed by atoms with Crippen LogP contribution in [-0.4, -0.2) is 61.0 Å². The van der Waals surface area contributed by atoms with Gasteiger partial charge in [-0.3, -0.25) is 4.90 Å². The van der Waals surface area contributed by atoms with Crippen molar-refractivity contribution in [2.45, 2.75) is 38.0 Å². The summed E-state index contributed by atoms with van der Waals surface area (Å²) in [5.74, 6) is 0. The fraction of sp³-hybridized carbons (Fsp3) is 1.00. The Labute approximate surface area is 91.6 Å². The van der Waals surface area contributed by atoms with E-state index in [0.717, 1.165) is 26.2 Å². The Kier molecular flexibility index (Phi) is 3.97. The van der Waals surface area contributed by atoms with E-state index in [9.17, 15) is 5.11 Å². The number of piperazine rings is 1. The normalized spacial score (nSPS) is 38.4. The molecular formula is C11H22N2O2. The predicted octanol–water partition coefficient (Wildman–Crippen LogP) is -0.180. The zero-order valence-corrected chi connectivity index (χ0v) is 9.48. The average molecular weight is 214 g/mol. The van der Waals surface area contributed by atoms with E-state index >= 15 is 0 Å². The number of aliphatic hydroxyl groups excluding tert-OH is 1. The molecule has 0 aromatic heterocycles. The van der Waals surface area contributed by atoms with Crippen LogP contribution < -0.4 is 5.32 Å². The molecule has 0 radical (unpaired) electrons. The van der Waals surface area contributed by atoms with Gasteiger partial charge in [-0.1, -0.05) is 0 Å². The Morgan fingerprint density at radius 2 is 2.40 bits per heavy atom. The Morgan fingerprint density at radius 3 is 3.07 bits per heavy atom. The fourth-order valence-electron chi connectivity index (χ4n) is 2.49. The summed E-state index contributed by atoms with van der Waals surface area (Å²) in [6.07, 6.45) is 2.76. The highest BCUT2D eigenvalue weighted by Gasteiger charge is 2.28. The van der Waals surface area contributed by atoms with Gasteiger partial charge in [-0.2, -0.15) is 0 Å². The number of nitrogens with zero attached hydrogens (tertiary/aromatic N) is 1. The lowest BCUT2D eigenvalue weighted by Crippen LogP contribution is -2.58. The molecule has 2 saturated heterocycles. The topological polar surface area (TPSA) is 44.7 Å². The van der Waals surface area contributed by atoms with Crippen LogP contribution in [-0.2, 0) is 4.74 Å². The molecule has 0 aromatic carbocycles. The highest BCUT2D eigenvalue weighted by molar-refractivity contribution is 4.85. The lowest BCUT2D eigenvalue weighted by atomic mass is 10.1. The Morgan fingerprint density at radius 1 is 1.53 bits per heavy atom. The molecule has 4 nitrogen and oxygen atoms in total. The number of nitrogens with one attached hydrogen (secondary N) is 1. The lowest BCUT2D eigenvalue weighted by molar-refractivity contribution is 0.0242. The number of aliphatic hydroxyl groups is 1. The second-order valence-corrected chi connectivity index (χ2v) is 4.73. The van der Waals surface area contributed by atoms with Crippen LogP contribution in [0.15, 0.2) is 0 Å². The Bertz CT molecular complexity index is 195. The van der Waals surface area contributed by atoms with Gasteiger partial charge in [-0.05, 0) is 19.8 Å². The Balaban J connectivity index is 1.85. The number of hydrogen-bond acceptors (Lipinski definition) is 4. The predicted molar refractivity (Wildman–Crippen MR) is 58.9 cm³/mol. The molecule has 0 bridgehead atoms. The number of ether oxygens (including phenoxy) is 1. The minimum atomic E-state index is 0.242. The van der Waals surface area contributed by atoms with Gasteiger partial charge in [0.15, 0.2) is 0 Å². The van der Waals surface area contributed by atoms with Gasteiger partial charge in [0, 0.05) is 38.3 Å². The summed E-state index contributed by atoms with van der Waals surface area (Å²) in [4.78, 5) is 2.37. The van der Waals surface area contributed by atoms with Gasteiger partial charge in [0.1, 0.15) is 0 Å². The van der Waals surface area contributed by atoms with Crippen molar-refractivity contribution in [1.82, 2.24) is 10.2 Å². The summed E-state index contributed by atoms with van der Waals surface area (Å²) < 4.78 is 5.64. The second-order valence-electron chi connectivity index (χ2n) is 4.73. The van der Waals surface area contributed by atoms with Crippen LogP contribution in [0.5, 0.6) is 0 Å². The monoisotopic (exact) mass is 214 g/mol. The molecule has 2 fully saturated rings. The summed E-state index contributed by atoms with van der Waals surface area (Å²) in [7, 11) is 0. The zero-order chi connectivity index (χ0) is 10.7. The summed E-state index contributed by atoms with van der Waals surface area (Å²) in [6, 6.07) is 0.791. The first-order chi connectivity index (χ1) is 7.29. The quantitative estimate of drug-likeness (QED) is 0.684. The average Bonchev–Trinajstić information content (AvgIpc) is 2.71.